The molecule has 2 atom stereocenters. The smallest absolute Gasteiger partial charge is 0.0693 e. The Kier molecular flexibility index (Phi) is 2.85. The number of aliphatic hydroxyl groups is 1. The van der Waals surface area contributed by atoms with Gasteiger partial charge in [0.1, 0.15) is 0 Å². The van der Waals surface area contributed by atoms with E-state index in [0.717, 1.165) is 25.3 Å². The van der Waals surface area contributed by atoms with Crippen LogP contribution in [0.3, 0.4) is 0 Å². The van der Waals surface area contributed by atoms with Crippen LogP contribution in [-0.4, -0.2) is 23.8 Å². The second kappa shape index (κ2) is 3.82. The molecule has 0 bridgehead atoms. The Balaban J connectivity index is 1.77. The minimum absolute atomic E-state index is 0.0852. The molecule has 0 aromatic rings. The molecule has 0 saturated heterocycles. The van der Waals surface area contributed by atoms with E-state index in [4.69, 9.17) is 0 Å². The second-order valence-electron chi connectivity index (χ2n) is 5.50. The van der Waals surface area contributed by atoms with Crippen molar-refractivity contribution in [3.05, 3.63) is 0 Å². The van der Waals surface area contributed by atoms with E-state index in [2.05, 4.69) is 19.2 Å². The molecule has 2 unspecified atom stereocenters. The van der Waals surface area contributed by atoms with Crippen molar-refractivity contribution in [2.45, 2.75) is 58.1 Å². The van der Waals surface area contributed by atoms with Gasteiger partial charge in [-0.2, -0.15) is 0 Å². The summed E-state index contributed by atoms with van der Waals surface area (Å²) in [6, 6.07) is 0.381. The third kappa shape index (κ3) is 1.96. The quantitative estimate of drug-likeness (QED) is 0.721. The van der Waals surface area contributed by atoms with Crippen LogP contribution in [0, 0.1) is 11.3 Å². The Bertz CT molecular complexity index is 198. The van der Waals surface area contributed by atoms with E-state index >= 15 is 0 Å². The van der Waals surface area contributed by atoms with Gasteiger partial charge in [0.05, 0.1) is 6.10 Å². The van der Waals surface area contributed by atoms with Crippen LogP contribution in [0.5, 0.6) is 0 Å². The largest absolute Gasteiger partial charge is 0.392 e. The van der Waals surface area contributed by atoms with Gasteiger partial charge >= 0.3 is 0 Å². The molecule has 2 saturated carbocycles. The zero-order valence-corrected chi connectivity index (χ0v) is 9.42. The van der Waals surface area contributed by atoms with E-state index in [-0.39, 0.29) is 6.10 Å². The summed E-state index contributed by atoms with van der Waals surface area (Å²) in [6.07, 6.45) is 6.01. The van der Waals surface area contributed by atoms with Crippen LogP contribution < -0.4 is 5.32 Å². The molecule has 2 nitrogen and oxygen atoms in total. The maximum atomic E-state index is 9.68. The molecular formula is C12H23NO. The number of hydrogen-bond donors (Lipinski definition) is 2. The molecule has 0 heterocycles. The van der Waals surface area contributed by atoms with Gasteiger partial charge in [-0.25, -0.2) is 0 Å². The van der Waals surface area contributed by atoms with Crippen LogP contribution in [0.15, 0.2) is 0 Å². The van der Waals surface area contributed by atoms with Crippen molar-refractivity contribution in [1.29, 1.82) is 0 Å². The van der Waals surface area contributed by atoms with Crippen LogP contribution in [0.25, 0.3) is 0 Å². The third-order valence-electron chi connectivity index (χ3n) is 4.31. The summed E-state index contributed by atoms with van der Waals surface area (Å²) in [5, 5.41) is 13.2. The topological polar surface area (TPSA) is 32.3 Å². The van der Waals surface area contributed by atoms with E-state index < -0.39 is 0 Å². The normalized spacial score (nSPS) is 35.1. The molecule has 2 aliphatic rings. The number of aliphatic hydroxyl groups excluding tert-OH is 1. The third-order valence-corrected chi connectivity index (χ3v) is 4.31. The molecule has 2 aliphatic carbocycles. The molecule has 0 aromatic carbocycles. The van der Waals surface area contributed by atoms with Crippen LogP contribution in [0.1, 0.15) is 46.0 Å². The molecule has 82 valence electrons. The van der Waals surface area contributed by atoms with Crippen LogP contribution >= 0.6 is 0 Å². The lowest BCUT2D eigenvalue weighted by Crippen LogP contribution is -2.40. The van der Waals surface area contributed by atoms with Gasteiger partial charge in [-0.15, -0.1) is 0 Å². The molecule has 2 fully saturated rings. The average Bonchev–Trinajstić information content (AvgIpc) is 2.83. The maximum Gasteiger partial charge on any atom is 0.0693 e. The zero-order valence-electron chi connectivity index (χ0n) is 9.42. The molecule has 14 heavy (non-hydrogen) atoms. The van der Waals surface area contributed by atoms with Crippen molar-refractivity contribution in [2.75, 3.05) is 6.54 Å². The van der Waals surface area contributed by atoms with Crippen molar-refractivity contribution >= 4 is 0 Å². The lowest BCUT2D eigenvalue weighted by molar-refractivity contribution is 0.143. The lowest BCUT2D eigenvalue weighted by atomic mass is 9.92. The first kappa shape index (κ1) is 10.4. The minimum Gasteiger partial charge on any atom is -0.392 e. The summed E-state index contributed by atoms with van der Waals surface area (Å²) in [5.74, 6) is 0.786. The molecule has 2 N–H and O–H groups in total. The van der Waals surface area contributed by atoms with Crippen molar-refractivity contribution < 1.29 is 5.11 Å². The predicted molar refractivity (Wildman–Crippen MR) is 58.2 cm³/mol. The van der Waals surface area contributed by atoms with Gasteiger partial charge in [-0.3, -0.25) is 0 Å². The summed E-state index contributed by atoms with van der Waals surface area (Å²) >= 11 is 0. The van der Waals surface area contributed by atoms with Gasteiger partial charge in [-0.1, -0.05) is 13.8 Å². The maximum absolute atomic E-state index is 9.68. The van der Waals surface area contributed by atoms with Crippen LogP contribution in [-0.2, 0) is 0 Å². The number of rotatable bonds is 4. The highest BCUT2D eigenvalue weighted by Gasteiger charge is 2.45. The van der Waals surface area contributed by atoms with Crippen molar-refractivity contribution in [2.24, 2.45) is 11.3 Å². The Hall–Kier alpha value is -0.0800. The first-order valence-electron chi connectivity index (χ1n) is 6.05. The fraction of sp³-hybridized carbons (Fsp3) is 1.00. The first-order chi connectivity index (χ1) is 6.64. The van der Waals surface area contributed by atoms with E-state index in [9.17, 15) is 5.11 Å². The Labute approximate surface area is 87.1 Å². The van der Waals surface area contributed by atoms with Gasteiger partial charge in [0.15, 0.2) is 0 Å². The molecule has 0 aromatic heterocycles. The Morgan fingerprint density at radius 1 is 1.36 bits per heavy atom. The van der Waals surface area contributed by atoms with E-state index in [0.29, 0.717) is 11.5 Å². The van der Waals surface area contributed by atoms with Gasteiger partial charge < -0.3 is 10.4 Å². The van der Waals surface area contributed by atoms with Gasteiger partial charge in [0.25, 0.3) is 0 Å². The van der Waals surface area contributed by atoms with E-state index in [1.165, 1.54) is 19.3 Å². The molecular weight excluding hydrogens is 174 g/mol. The Morgan fingerprint density at radius 3 is 2.50 bits per heavy atom. The SMILES string of the molecule is CC(C)C1(CNC2CCCC2O)CC1. The van der Waals surface area contributed by atoms with Crippen molar-refractivity contribution in [1.82, 2.24) is 5.32 Å². The summed E-state index contributed by atoms with van der Waals surface area (Å²) in [6.45, 7) is 5.76. The van der Waals surface area contributed by atoms with Gasteiger partial charge in [0.2, 0.25) is 0 Å². The van der Waals surface area contributed by atoms with Crippen LogP contribution in [0.2, 0.25) is 0 Å². The molecule has 0 amide bonds. The molecule has 2 rings (SSSR count). The van der Waals surface area contributed by atoms with Crippen molar-refractivity contribution in [3.8, 4) is 0 Å². The fourth-order valence-electron chi connectivity index (χ4n) is 2.63. The van der Waals surface area contributed by atoms with E-state index in [1.807, 2.05) is 0 Å². The monoisotopic (exact) mass is 197 g/mol. The highest BCUT2D eigenvalue weighted by Crippen LogP contribution is 2.51. The second-order valence-corrected chi connectivity index (χ2v) is 5.50. The van der Waals surface area contributed by atoms with Crippen molar-refractivity contribution in [3.63, 3.8) is 0 Å². The minimum atomic E-state index is -0.0852. The molecule has 0 aliphatic heterocycles. The summed E-state index contributed by atoms with van der Waals surface area (Å²) in [4.78, 5) is 0. The molecule has 0 radical (unpaired) electrons. The predicted octanol–water partition coefficient (Wildman–Crippen LogP) is 1.93. The summed E-state index contributed by atoms with van der Waals surface area (Å²) < 4.78 is 0. The molecule has 2 heteroatoms. The zero-order chi connectivity index (χ0) is 10.2. The highest BCUT2D eigenvalue weighted by atomic mass is 16.3. The average molecular weight is 197 g/mol. The van der Waals surface area contributed by atoms with E-state index in [1.54, 1.807) is 0 Å². The van der Waals surface area contributed by atoms with Crippen LogP contribution in [0.4, 0.5) is 0 Å². The number of nitrogens with one attached hydrogen (secondary N) is 1. The Morgan fingerprint density at radius 2 is 2.07 bits per heavy atom. The number of hydrogen-bond acceptors (Lipinski definition) is 2. The summed E-state index contributed by atoms with van der Waals surface area (Å²) in [7, 11) is 0. The first-order valence-corrected chi connectivity index (χ1v) is 6.05. The lowest BCUT2D eigenvalue weighted by Gasteiger charge is -2.24. The van der Waals surface area contributed by atoms with Gasteiger partial charge in [0, 0.05) is 12.6 Å². The standard InChI is InChI=1S/C12H23NO/c1-9(2)12(6-7-12)8-13-10-4-3-5-11(10)14/h9-11,13-14H,3-8H2,1-2H3. The highest BCUT2D eigenvalue weighted by molar-refractivity contribution is 4.98. The van der Waals surface area contributed by atoms with Gasteiger partial charge in [-0.05, 0) is 43.4 Å². The summed E-state index contributed by atoms with van der Waals surface area (Å²) in [5.41, 5.74) is 0.572. The molecule has 0 spiro atoms. The fourth-order valence-corrected chi connectivity index (χ4v) is 2.63.